The number of hydrogen-bond donors (Lipinski definition) is 0. The number of unbranched alkanes of at least 4 members (excludes halogenated alkanes) is 4. The predicted octanol–water partition coefficient (Wildman–Crippen LogP) is 9.13. The Hall–Kier alpha value is -2.32. The molecule has 0 aromatic heterocycles. The van der Waals surface area contributed by atoms with Crippen molar-refractivity contribution in [2.24, 2.45) is 0 Å². The lowest BCUT2D eigenvalue weighted by Gasteiger charge is -2.28. The Kier molecular flexibility index (Phi) is 30.4. The van der Waals surface area contributed by atoms with Gasteiger partial charge in [-0.15, -0.1) is 0 Å². The van der Waals surface area contributed by atoms with E-state index >= 15 is 0 Å². The maximum atomic E-state index is 12.1. The van der Waals surface area contributed by atoms with Crippen molar-refractivity contribution in [3.8, 4) is 0 Å². The maximum Gasteiger partial charge on any atom is 0.305 e. The first kappa shape index (κ1) is 45.7. The number of carbonyl (C=O) groups is 1. The van der Waals surface area contributed by atoms with E-state index in [2.05, 4.69) is 92.0 Å². The van der Waals surface area contributed by atoms with Crippen LogP contribution in [0.2, 0.25) is 0 Å². The molecule has 0 fully saturated rings. The SMILES string of the molecule is CC/C=C\C/C=C\C/C=C\C/C=C\C/C=C\C/C=C\C/C=C\CCCCCCOCC(COP(=O)([O-])OCC[N+](C)(C)C)OC(=O)CC. The molecule has 0 saturated carbocycles. The summed E-state index contributed by atoms with van der Waals surface area (Å²) in [4.78, 5) is 23.8. The van der Waals surface area contributed by atoms with Crippen molar-refractivity contribution >= 4 is 13.8 Å². The molecular formula is C39H66NO7P. The third-order valence-electron chi connectivity index (χ3n) is 6.77. The molecule has 274 valence electrons. The molecule has 8 nitrogen and oxygen atoms in total. The number of rotatable bonds is 31. The fourth-order valence-corrected chi connectivity index (χ4v) is 4.70. The molecule has 0 spiro atoms. The molecule has 48 heavy (non-hydrogen) atoms. The van der Waals surface area contributed by atoms with Crippen molar-refractivity contribution < 1.29 is 37.3 Å². The van der Waals surface area contributed by atoms with Crippen LogP contribution in [-0.2, 0) is 27.9 Å². The highest BCUT2D eigenvalue weighted by molar-refractivity contribution is 7.45. The van der Waals surface area contributed by atoms with E-state index < -0.39 is 19.9 Å². The van der Waals surface area contributed by atoms with Gasteiger partial charge in [-0.2, -0.15) is 0 Å². The molecule has 9 heteroatoms. The average Bonchev–Trinajstić information content (AvgIpc) is 3.04. The molecule has 0 aliphatic rings. The first-order chi connectivity index (χ1) is 23.1. The highest BCUT2D eigenvalue weighted by atomic mass is 31.2. The second-order valence-electron chi connectivity index (χ2n) is 12.5. The topological polar surface area (TPSA) is 94.1 Å². The van der Waals surface area contributed by atoms with Gasteiger partial charge in [-0.3, -0.25) is 9.36 Å². The first-order valence-electron chi connectivity index (χ1n) is 17.8. The Bertz CT molecular complexity index is 1040. The molecule has 0 aromatic carbocycles. The van der Waals surface area contributed by atoms with Gasteiger partial charge in [0.05, 0.1) is 34.4 Å². The summed E-state index contributed by atoms with van der Waals surface area (Å²) in [5.41, 5.74) is 0. The van der Waals surface area contributed by atoms with Crippen molar-refractivity contribution in [3.05, 3.63) is 85.1 Å². The lowest BCUT2D eigenvalue weighted by atomic mass is 10.1. The Labute approximate surface area is 293 Å². The highest BCUT2D eigenvalue weighted by Gasteiger charge is 2.19. The highest BCUT2D eigenvalue weighted by Crippen LogP contribution is 2.38. The Morgan fingerprint density at radius 2 is 1.12 bits per heavy atom. The van der Waals surface area contributed by atoms with Crippen LogP contribution in [0.5, 0.6) is 0 Å². The fraction of sp³-hybridized carbons (Fsp3) is 0.615. The van der Waals surface area contributed by atoms with Crippen LogP contribution in [0.4, 0.5) is 0 Å². The van der Waals surface area contributed by atoms with Crippen LogP contribution in [0.25, 0.3) is 0 Å². The molecule has 0 amide bonds. The van der Waals surface area contributed by atoms with Crippen LogP contribution in [0.1, 0.15) is 97.3 Å². The number of ether oxygens (including phenoxy) is 2. The van der Waals surface area contributed by atoms with E-state index in [1.54, 1.807) is 6.92 Å². The second-order valence-corrected chi connectivity index (χ2v) is 13.9. The van der Waals surface area contributed by atoms with Gasteiger partial charge in [0.2, 0.25) is 0 Å². The molecule has 0 heterocycles. The summed E-state index contributed by atoms with van der Waals surface area (Å²) in [5, 5.41) is 0. The summed E-state index contributed by atoms with van der Waals surface area (Å²) in [5.74, 6) is -0.437. The maximum absolute atomic E-state index is 12.1. The molecule has 0 rings (SSSR count). The zero-order chi connectivity index (χ0) is 35.6. The average molecular weight is 692 g/mol. The molecule has 0 radical (unpaired) electrons. The van der Waals surface area contributed by atoms with E-state index in [4.69, 9.17) is 18.5 Å². The van der Waals surface area contributed by atoms with Crippen LogP contribution < -0.4 is 4.89 Å². The Balaban J connectivity index is 3.88. The van der Waals surface area contributed by atoms with E-state index in [0.29, 0.717) is 17.6 Å². The number of allylic oxidation sites excluding steroid dienone is 14. The zero-order valence-electron chi connectivity index (χ0n) is 30.6. The van der Waals surface area contributed by atoms with Gasteiger partial charge in [0.1, 0.15) is 19.3 Å². The molecule has 0 aliphatic carbocycles. The van der Waals surface area contributed by atoms with Crippen molar-refractivity contribution in [1.82, 2.24) is 0 Å². The monoisotopic (exact) mass is 691 g/mol. The molecule has 0 bridgehead atoms. The number of phosphoric acid groups is 1. The lowest BCUT2D eigenvalue weighted by molar-refractivity contribution is -0.870. The summed E-state index contributed by atoms with van der Waals surface area (Å²) in [6.45, 7) is 4.60. The molecule has 0 aromatic rings. The van der Waals surface area contributed by atoms with E-state index in [1.165, 1.54) is 0 Å². The smallest absolute Gasteiger partial charge is 0.305 e. The van der Waals surface area contributed by atoms with Crippen LogP contribution in [0.3, 0.4) is 0 Å². The third kappa shape index (κ3) is 35.0. The summed E-state index contributed by atoms with van der Waals surface area (Å²) in [7, 11) is 1.31. The Morgan fingerprint density at radius 3 is 1.60 bits per heavy atom. The van der Waals surface area contributed by atoms with Crippen molar-refractivity contribution in [3.63, 3.8) is 0 Å². The number of hydrogen-bond acceptors (Lipinski definition) is 7. The van der Waals surface area contributed by atoms with Crippen LogP contribution >= 0.6 is 7.82 Å². The van der Waals surface area contributed by atoms with Gasteiger partial charge in [0, 0.05) is 13.0 Å². The molecule has 0 aliphatic heterocycles. The minimum atomic E-state index is -4.50. The van der Waals surface area contributed by atoms with Gasteiger partial charge < -0.3 is 27.9 Å². The van der Waals surface area contributed by atoms with E-state index in [9.17, 15) is 14.3 Å². The minimum absolute atomic E-state index is 0.0134. The zero-order valence-corrected chi connectivity index (χ0v) is 31.5. The van der Waals surface area contributed by atoms with Crippen LogP contribution in [-0.4, -0.2) is 70.7 Å². The van der Waals surface area contributed by atoms with Crippen molar-refractivity contribution in [2.45, 2.75) is 103 Å². The number of carbonyl (C=O) groups excluding carboxylic acids is 1. The summed E-state index contributed by atoms with van der Waals surface area (Å²) >= 11 is 0. The van der Waals surface area contributed by atoms with E-state index in [1.807, 2.05) is 21.1 Å². The number of likely N-dealkylation sites (N-methyl/N-ethyl adjacent to an activating group) is 1. The standard InChI is InChI=1S/C39H66NO7P/c1-6-8-9-10-11-12-13-14-15-16-17-18-19-20-21-22-23-24-25-26-27-28-29-30-31-32-34-44-36-38(47-39(41)7-2)37-46-48(42,43)45-35-33-40(3,4)5/h8-9,11-12,14-15,17-18,20-21,23-24,26-27,38H,6-7,10,13,16,19,22,25,28-37H2,1-5H3/b9-8-,12-11-,15-14-,18-17-,21-20-,24-23-,27-26-. The molecule has 0 saturated heterocycles. The molecule has 2 atom stereocenters. The fourth-order valence-electron chi connectivity index (χ4n) is 3.97. The molecule has 2 unspecified atom stereocenters. The summed E-state index contributed by atoms with van der Waals surface area (Å²) in [6, 6.07) is 0. The van der Waals surface area contributed by atoms with Gasteiger partial charge in [-0.1, -0.05) is 112 Å². The number of quaternary nitrogens is 1. The number of nitrogens with zero attached hydrogens (tertiary/aromatic N) is 1. The van der Waals surface area contributed by atoms with Gasteiger partial charge in [-0.25, -0.2) is 0 Å². The van der Waals surface area contributed by atoms with Crippen LogP contribution in [0.15, 0.2) is 85.1 Å². The normalized spacial score (nSPS) is 15.0. The van der Waals surface area contributed by atoms with E-state index in [0.717, 1.165) is 77.0 Å². The van der Waals surface area contributed by atoms with Gasteiger partial charge >= 0.3 is 5.97 Å². The Morgan fingerprint density at radius 1 is 0.646 bits per heavy atom. The number of esters is 1. The number of phosphoric ester groups is 1. The largest absolute Gasteiger partial charge is 0.756 e. The molecular weight excluding hydrogens is 625 g/mol. The third-order valence-corrected chi connectivity index (χ3v) is 7.73. The quantitative estimate of drug-likeness (QED) is 0.0235. The van der Waals surface area contributed by atoms with Crippen LogP contribution in [0, 0.1) is 0 Å². The van der Waals surface area contributed by atoms with Gasteiger partial charge in [0.25, 0.3) is 7.82 Å². The molecule has 0 N–H and O–H groups in total. The summed E-state index contributed by atoms with van der Waals surface area (Å²) < 4.78 is 33.4. The van der Waals surface area contributed by atoms with E-state index in [-0.39, 0.29) is 26.2 Å². The van der Waals surface area contributed by atoms with Gasteiger partial charge in [0.15, 0.2) is 0 Å². The predicted molar refractivity (Wildman–Crippen MR) is 198 cm³/mol. The first-order valence-corrected chi connectivity index (χ1v) is 19.3. The van der Waals surface area contributed by atoms with Gasteiger partial charge in [-0.05, 0) is 64.2 Å². The van der Waals surface area contributed by atoms with Crippen molar-refractivity contribution in [2.75, 3.05) is 54.1 Å². The second kappa shape index (κ2) is 31.9. The summed E-state index contributed by atoms with van der Waals surface area (Å²) in [6.07, 6.45) is 42.6. The van der Waals surface area contributed by atoms with Crippen molar-refractivity contribution in [1.29, 1.82) is 0 Å². The lowest BCUT2D eigenvalue weighted by Crippen LogP contribution is -2.37. The minimum Gasteiger partial charge on any atom is -0.756 e.